The molecule has 29 heavy (non-hydrogen) atoms. The molecule has 1 unspecified atom stereocenters. The van der Waals surface area contributed by atoms with Crippen LogP contribution in [0.3, 0.4) is 0 Å². The van der Waals surface area contributed by atoms with Crippen LogP contribution in [0, 0.1) is 5.82 Å². The number of benzene rings is 2. The van der Waals surface area contributed by atoms with Gasteiger partial charge < -0.3 is 24.4 Å². The third-order valence-electron chi connectivity index (χ3n) is 5.33. The molecule has 0 aliphatic carbocycles. The predicted molar refractivity (Wildman–Crippen MR) is 107 cm³/mol. The maximum atomic E-state index is 13.7. The molecule has 2 aromatic carbocycles. The summed E-state index contributed by atoms with van der Waals surface area (Å²) in [6.07, 6.45) is 0.864. The second-order valence-corrected chi connectivity index (χ2v) is 7.16. The number of carbonyl (C=O) groups is 1. The molecular weight excluding hydrogens is 375 g/mol. The lowest BCUT2D eigenvalue weighted by Gasteiger charge is -2.35. The normalized spacial score (nSPS) is 18.1. The van der Waals surface area contributed by atoms with E-state index >= 15 is 0 Å². The van der Waals surface area contributed by atoms with Crippen molar-refractivity contribution in [2.45, 2.75) is 19.0 Å². The first-order valence-corrected chi connectivity index (χ1v) is 9.65. The van der Waals surface area contributed by atoms with E-state index in [0.717, 1.165) is 24.1 Å². The number of methoxy groups -OCH3 is 3. The fourth-order valence-electron chi connectivity index (χ4n) is 3.94. The molecule has 2 atom stereocenters. The van der Waals surface area contributed by atoms with Crippen LogP contribution in [-0.2, 0) is 22.5 Å². The highest BCUT2D eigenvalue weighted by Gasteiger charge is 2.33. The summed E-state index contributed by atoms with van der Waals surface area (Å²) in [5.74, 6) is 0.953. The Morgan fingerprint density at radius 3 is 2.62 bits per heavy atom. The standard InChI is InChI=1S/C22H27FN2O4/c1-27-14-22(26)24-12-19-18-11-21(29-3)20(28-2)10-16(18)7-8-25(19)13-15-5-4-6-17(23)9-15/h4-6,9-11,19H,7-8,12-14H2,1-3H3,(H,24,26)/p+1/t19-/m0/s1. The molecule has 1 heterocycles. The van der Waals surface area contributed by atoms with Crippen molar-refractivity contribution in [2.24, 2.45) is 0 Å². The number of ether oxygens (including phenoxy) is 3. The molecular formula is C22H28FN2O4+. The molecule has 3 rings (SSSR count). The van der Waals surface area contributed by atoms with Gasteiger partial charge in [-0.3, -0.25) is 4.79 Å². The number of amides is 1. The summed E-state index contributed by atoms with van der Waals surface area (Å²) < 4.78 is 29.5. The third-order valence-corrected chi connectivity index (χ3v) is 5.33. The fraction of sp³-hybridized carbons (Fsp3) is 0.409. The molecule has 0 saturated carbocycles. The first kappa shape index (κ1) is 21.1. The van der Waals surface area contributed by atoms with E-state index in [1.165, 1.54) is 23.6 Å². The van der Waals surface area contributed by atoms with Gasteiger partial charge in [0.2, 0.25) is 5.91 Å². The third kappa shape index (κ3) is 5.05. The van der Waals surface area contributed by atoms with Crippen LogP contribution in [0.1, 0.15) is 22.7 Å². The molecule has 1 aliphatic heterocycles. The molecule has 0 bridgehead atoms. The van der Waals surface area contributed by atoms with Crippen molar-refractivity contribution in [2.75, 3.05) is 41.0 Å². The number of halogens is 1. The largest absolute Gasteiger partial charge is 0.493 e. The average Bonchev–Trinajstić information content (AvgIpc) is 2.72. The highest BCUT2D eigenvalue weighted by molar-refractivity contribution is 5.77. The summed E-state index contributed by atoms with van der Waals surface area (Å²) in [6.45, 7) is 2.00. The van der Waals surface area contributed by atoms with Gasteiger partial charge in [0.15, 0.2) is 11.5 Å². The van der Waals surface area contributed by atoms with Crippen molar-refractivity contribution in [3.63, 3.8) is 0 Å². The number of hydrogen-bond donors (Lipinski definition) is 2. The Balaban J connectivity index is 1.91. The van der Waals surface area contributed by atoms with E-state index < -0.39 is 0 Å². The molecule has 0 saturated heterocycles. The second kappa shape index (κ2) is 9.71. The van der Waals surface area contributed by atoms with Crippen molar-refractivity contribution in [1.82, 2.24) is 5.32 Å². The highest BCUT2D eigenvalue weighted by atomic mass is 19.1. The van der Waals surface area contributed by atoms with Gasteiger partial charge in [0, 0.05) is 24.7 Å². The quantitative estimate of drug-likeness (QED) is 0.697. The van der Waals surface area contributed by atoms with Gasteiger partial charge in [0.05, 0.1) is 27.3 Å². The van der Waals surface area contributed by atoms with E-state index in [-0.39, 0.29) is 24.4 Å². The van der Waals surface area contributed by atoms with Crippen LogP contribution in [0.2, 0.25) is 0 Å². The van der Waals surface area contributed by atoms with E-state index in [4.69, 9.17) is 14.2 Å². The molecule has 2 N–H and O–H groups in total. The lowest BCUT2D eigenvalue weighted by atomic mass is 9.91. The van der Waals surface area contributed by atoms with E-state index in [2.05, 4.69) is 5.32 Å². The highest BCUT2D eigenvalue weighted by Crippen LogP contribution is 2.34. The number of carbonyl (C=O) groups excluding carboxylic acids is 1. The van der Waals surface area contributed by atoms with E-state index in [0.29, 0.717) is 24.6 Å². The summed E-state index contributed by atoms with van der Waals surface area (Å²) in [6, 6.07) is 10.7. The van der Waals surface area contributed by atoms with Crippen LogP contribution in [-0.4, -0.2) is 46.9 Å². The van der Waals surface area contributed by atoms with Gasteiger partial charge >= 0.3 is 0 Å². The molecule has 0 fully saturated rings. The monoisotopic (exact) mass is 403 g/mol. The lowest BCUT2D eigenvalue weighted by Crippen LogP contribution is -3.12. The van der Waals surface area contributed by atoms with Crippen LogP contribution in [0.25, 0.3) is 0 Å². The van der Waals surface area contributed by atoms with E-state index in [1.807, 2.05) is 18.2 Å². The Morgan fingerprint density at radius 1 is 1.17 bits per heavy atom. The predicted octanol–water partition coefficient (Wildman–Crippen LogP) is 1.29. The minimum Gasteiger partial charge on any atom is -0.493 e. The Labute approximate surface area is 170 Å². The Morgan fingerprint density at radius 2 is 1.93 bits per heavy atom. The van der Waals surface area contributed by atoms with Gasteiger partial charge in [-0.25, -0.2) is 4.39 Å². The maximum absolute atomic E-state index is 13.7. The van der Waals surface area contributed by atoms with Gasteiger partial charge in [0.1, 0.15) is 25.0 Å². The molecule has 0 aromatic heterocycles. The van der Waals surface area contributed by atoms with Crippen LogP contribution in [0.15, 0.2) is 36.4 Å². The second-order valence-electron chi connectivity index (χ2n) is 7.16. The minimum atomic E-state index is -0.240. The molecule has 1 amide bonds. The van der Waals surface area contributed by atoms with Crippen molar-refractivity contribution in [3.8, 4) is 11.5 Å². The average molecular weight is 403 g/mol. The number of nitrogens with one attached hydrogen (secondary N) is 2. The Hall–Kier alpha value is -2.64. The van der Waals surface area contributed by atoms with Gasteiger partial charge in [0.25, 0.3) is 0 Å². The minimum absolute atomic E-state index is 0.00243. The zero-order valence-corrected chi connectivity index (χ0v) is 17.1. The molecule has 0 radical (unpaired) electrons. The van der Waals surface area contributed by atoms with Crippen molar-refractivity contribution in [1.29, 1.82) is 0 Å². The van der Waals surface area contributed by atoms with Crippen LogP contribution < -0.4 is 19.7 Å². The number of quaternary nitrogens is 1. The molecule has 156 valence electrons. The zero-order chi connectivity index (χ0) is 20.8. The van der Waals surface area contributed by atoms with Gasteiger partial charge in [-0.2, -0.15) is 0 Å². The van der Waals surface area contributed by atoms with E-state index in [9.17, 15) is 9.18 Å². The molecule has 6 nitrogen and oxygen atoms in total. The molecule has 2 aromatic rings. The van der Waals surface area contributed by atoms with E-state index in [1.54, 1.807) is 26.4 Å². The Kier molecular flexibility index (Phi) is 7.06. The van der Waals surface area contributed by atoms with Gasteiger partial charge in [-0.05, 0) is 29.8 Å². The number of rotatable bonds is 8. The van der Waals surface area contributed by atoms with Crippen LogP contribution in [0.4, 0.5) is 4.39 Å². The molecule has 1 aliphatic rings. The van der Waals surface area contributed by atoms with Crippen LogP contribution >= 0.6 is 0 Å². The number of fused-ring (bicyclic) bond motifs is 1. The van der Waals surface area contributed by atoms with Gasteiger partial charge in [-0.15, -0.1) is 0 Å². The van der Waals surface area contributed by atoms with Gasteiger partial charge in [-0.1, -0.05) is 12.1 Å². The van der Waals surface area contributed by atoms with Crippen molar-refractivity contribution in [3.05, 3.63) is 58.9 Å². The summed E-state index contributed by atoms with van der Waals surface area (Å²) >= 11 is 0. The first-order chi connectivity index (χ1) is 14.0. The Bertz CT molecular complexity index is 859. The smallest absolute Gasteiger partial charge is 0.246 e. The van der Waals surface area contributed by atoms with Crippen molar-refractivity contribution >= 4 is 5.91 Å². The topological polar surface area (TPSA) is 61.2 Å². The summed E-state index contributed by atoms with van der Waals surface area (Å²) in [5, 5.41) is 2.96. The zero-order valence-electron chi connectivity index (χ0n) is 17.1. The molecule has 7 heteroatoms. The molecule has 0 spiro atoms. The fourth-order valence-corrected chi connectivity index (χ4v) is 3.94. The summed E-state index contributed by atoms with van der Waals surface area (Å²) in [7, 11) is 4.73. The first-order valence-electron chi connectivity index (χ1n) is 9.65. The lowest BCUT2D eigenvalue weighted by molar-refractivity contribution is -0.945. The summed E-state index contributed by atoms with van der Waals surface area (Å²) in [5.41, 5.74) is 3.21. The van der Waals surface area contributed by atoms with Crippen LogP contribution in [0.5, 0.6) is 11.5 Å². The SMILES string of the molecule is COCC(=O)NC[C@H]1c2cc(OC)c(OC)cc2CC[NH+]1Cc1cccc(F)c1. The van der Waals surface area contributed by atoms with Crippen molar-refractivity contribution < 1.29 is 28.3 Å². The number of hydrogen-bond acceptors (Lipinski definition) is 4. The maximum Gasteiger partial charge on any atom is 0.246 e. The summed E-state index contributed by atoms with van der Waals surface area (Å²) in [4.78, 5) is 13.2.